The van der Waals surface area contributed by atoms with E-state index in [-0.39, 0.29) is 65.3 Å². The van der Waals surface area contributed by atoms with Crippen LogP contribution in [0, 0.1) is 0 Å². The zero-order valence-electron chi connectivity index (χ0n) is 2.90. The van der Waals surface area contributed by atoms with Crippen LogP contribution in [-0.4, -0.2) is 73.8 Å². The molecular weight excluding hydrogens is 155 g/mol. The van der Waals surface area contributed by atoms with Crippen molar-refractivity contribution in [1.29, 1.82) is 0 Å². The molecule has 0 aliphatic heterocycles. The summed E-state index contributed by atoms with van der Waals surface area (Å²) in [5.41, 5.74) is 0. The second kappa shape index (κ2) is 9.07. The molecule has 5 nitrogen and oxygen atoms in total. The van der Waals surface area contributed by atoms with Gasteiger partial charge in [0.2, 0.25) is 0 Å². The summed E-state index contributed by atoms with van der Waals surface area (Å²) in [6, 6.07) is 0. The van der Waals surface area contributed by atoms with Crippen molar-refractivity contribution in [2.24, 2.45) is 0 Å². The van der Waals surface area contributed by atoms with Crippen LogP contribution in [-0.2, 0) is 4.57 Å². The van der Waals surface area contributed by atoms with E-state index in [9.17, 15) is 0 Å². The Hall–Kier alpha value is 2.07. The molecule has 0 aromatic heterocycles. The van der Waals surface area contributed by atoms with Crippen LogP contribution >= 0.6 is 7.82 Å². The zero-order valence-corrected chi connectivity index (χ0v) is 3.80. The molecule has 0 rings (SSSR count). The van der Waals surface area contributed by atoms with Crippen LogP contribution < -0.4 is 6.15 Å². The summed E-state index contributed by atoms with van der Waals surface area (Å²) in [6.45, 7) is 0. The van der Waals surface area contributed by atoms with Crippen LogP contribution in [0.25, 0.3) is 0 Å². The van der Waals surface area contributed by atoms with Crippen LogP contribution in [0.5, 0.6) is 0 Å². The Morgan fingerprint density at radius 1 is 1.00 bits per heavy atom. The fourth-order valence-corrected chi connectivity index (χ4v) is 0. The second-order valence-electron chi connectivity index (χ2n) is 0.513. The molecule has 8 heavy (non-hydrogen) atoms. The summed E-state index contributed by atoms with van der Waals surface area (Å²) in [6.07, 6.45) is 0. The Labute approximate surface area is 91.3 Å². The Bertz CT molecular complexity index is 60.2. The van der Waals surface area contributed by atoms with Crippen molar-refractivity contribution in [2.75, 3.05) is 0 Å². The van der Waals surface area contributed by atoms with E-state index in [2.05, 4.69) is 0 Å². The summed E-state index contributed by atoms with van der Waals surface area (Å²) in [4.78, 5) is 21.6. The summed E-state index contributed by atoms with van der Waals surface area (Å²) < 4.78 is 8.88. The van der Waals surface area contributed by atoms with E-state index in [4.69, 9.17) is 19.2 Å². The van der Waals surface area contributed by atoms with Crippen molar-refractivity contribution < 1.29 is 19.2 Å². The molecule has 0 unspecified atom stereocenters. The molecule has 0 radical (unpaired) electrons. The van der Waals surface area contributed by atoms with E-state index in [1.807, 2.05) is 0 Å². The number of hydrogen-bond donors (Lipinski definition) is 4. The molecule has 0 atom stereocenters. The SMILES string of the molecule is N.O=P(O)(O)O.[NaH].[NaH]. The van der Waals surface area contributed by atoms with Crippen molar-refractivity contribution in [3.63, 3.8) is 0 Å². The van der Waals surface area contributed by atoms with Gasteiger partial charge in [-0.15, -0.1) is 0 Å². The molecule has 0 amide bonds. The Balaban J connectivity index is -0.0000000267. The minimum absolute atomic E-state index is 0. The molecule has 0 spiro atoms. The third-order valence-corrected chi connectivity index (χ3v) is 0. The van der Waals surface area contributed by atoms with Gasteiger partial charge in [0.1, 0.15) is 0 Å². The molecule has 0 fully saturated rings. The number of hydrogen-bond acceptors (Lipinski definition) is 2. The molecule has 0 saturated heterocycles. The van der Waals surface area contributed by atoms with Gasteiger partial charge in [-0.2, -0.15) is 0 Å². The average molecular weight is 163 g/mol. The van der Waals surface area contributed by atoms with Crippen LogP contribution in [0.4, 0.5) is 0 Å². The Morgan fingerprint density at radius 2 is 1.00 bits per heavy atom. The van der Waals surface area contributed by atoms with Crippen molar-refractivity contribution in [3.05, 3.63) is 0 Å². The molecule has 0 heterocycles. The monoisotopic (exact) mass is 163 g/mol. The molecule has 0 aliphatic rings. The van der Waals surface area contributed by atoms with Gasteiger partial charge in [0, 0.05) is 0 Å². The fraction of sp³-hybridized carbons (Fsp3) is 0. The molecule has 0 aliphatic carbocycles. The van der Waals surface area contributed by atoms with E-state index in [1.165, 1.54) is 0 Å². The van der Waals surface area contributed by atoms with E-state index in [0.717, 1.165) is 0 Å². The van der Waals surface area contributed by atoms with Gasteiger partial charge in [0.05, 0.1) is 0 Å². The van der Waals surface area contributed by atoms with Crippen LogP contribution in [0.15, 0.2) is 0 Å². The topological polar surface area (TPSA) is 113 Å². The molecule has 0 bridgehead atoms. The number of rotatable bonds is 0. The van der Waals surface area contributed by atoms with Gasteiger partial charge in [-0.1, -0.05) is 0 Å². The quantitative estimate of drug-likeness (QED) is 0.242. The van der Waals surface area contributed by atoms with Gasteiger partial charge < -0.3 is 20.8 Å². The normalized spacial score (nSPS) is 7.38. The van der Waals surface area contributed by atoms with E-state index >= 15 is 0 Å². The van der Waals surface area contributed by atoms with Gasteiger partial charge in [-0.3, -0.25) is 0 Å². The van der Waals surface area contributed by atoms with E-state index in [1.54, 1.807) is 0 Å². The first-order valence-corrected chi connectivity index (χ1v) is 2.35. The van der Waals surface area contributed by atoms with E-state index < -0.39 is 7.82 Å². The summed E-state index contributed by atoms with van der Waals surface area (Å²) in [5.74, 6) is 0. The molecule has 0 saturated carbocycles. The van der Waals surface area contributed by atoms with E-state index in [0.29, 0.717) is 0 Å². The van der Waals surface area contributed by atoms with Gasteiger partial charge in [-0.05, 0) is 0 Å². The Kier molecular flexibility index (Phi) is 25.5. The van der Waals surface area contributed by atoms with Gasteiger partial charge in [0.15, 0.2) is 0 Å². The zero-order chi connectivity index (χ0) is 4.50. The van der Waals surface area contributed by atoms with Crippen molar-refractivity contribution >= 4 is 66.9 Å². The van der Waals surface area contributed by atoms with Gasteiger partial charge in [0.25, 0.3) is 0 Å². The predicted octanol–water partition coefficient (Wildman–Crippen LogP) is -2.06. The minimum atomic E-state index is -4.64. The van der Waals surface area contributed by atoms with Crippen LogP contribution in [0.2, 0.25) is 0 Å². The van der Waals surface area contributed by atoms with Gasteiger partial charge in [-0.25, -0.2) is 4.57 Å². The molecule has 6 N–H and O–H groups in total. The first-order valence-electron chi connectivity index (χ1n) is 0.783. The third-order valence-electron chi connectivity index (χ3n) is 0. The Morgan fingerprint density at radius 3 is 1.00 bits per heavy atom. The molecule has 0 aromatic rings. The van der Waals surface area contributed by atoms with Crippen molar-refractivity contribution in [3.8, 4) is 0 Å². The van der Waals surface area contributed by atoms with Crippen molar-refractivity contribution in [1.82, 2.24) is 6.15 Å². The number of phosphoric acid groups is 1. The van der Waals surface area contributed by atoms with Gasteiger partial charge >= 0.3 is 66.9 Å². The van der Waals surface area contributed by atoms with Crippen LogP contribution in [0.1, 0.15) is 0 Å². The summed E-state index contributed by atoms with van der Waals surface area (Å²) >= 11 is 0. The third kappa shape index (κ3) is 94.1. The summed E-state index contributed by atoms with van der Waals surface area (Å²) in [7, 11) is -4.64. The predicted molar refractivity (Wildman–Crippen MR) is 33.6 cm³/mol. The second-order valence-corrected chi connectivity index (χ2v) is 1.54. The molecule has 0 aromatic carbocycles. The maximum absolute atomic E-state index is 8.88. The average Bonchev–Trinajstić information content (AvgIpc) is 0.722. The van der Waals surface area contributed by atoms with Crippen molar-refractivity contribution in [2.45, 2.75) is 0 Å². The maximum atomic E-state index is 8.88. The first-order chi connectivity index (χ1) is 2.00. The molecule has 8 heteroatoms. The summed E-state index contributed by atoms with van der Waals surface area (Å²) in [5, 5.41) is 0. The first kappa shape index (κ1) is 22.5. The molecular formula is H8NNa2O4P. The fourth-order valence-electron chi connectivity index (χ4n) is 0. The molecule has 44 valence electrons. The standard InChI is InChI=1S/H3N.2Na.H3O4P.2H/c;;;1-5(2,3)4;;/h1H3;;;(H3,1,2,3,4);;. The van der Waals surface area contributed by atoms with Crippen LogP contribution in [0.3, 0.4) is 0 Å².